The van der Waals surface area contributed by atoms with Crippen LogP contribution in [-0.4, -0.2) is 40.0 Å². The van der Waals surface area contributed by atoms with Crippen molar-refractivity contribution < 1.29 is 9.53 Å². The summed E-state index contributed by atoms with van der Waals surface area (Å²) in [4.78, 5) is 15.0. The Labute approximate surface area is 147 Å². The van der Waals surface area contributed by atoms with Crippen molar-refractivity contribution in [1.82, 2.24) is 9.47 Å². The van der Waals surface area contributed by atoms with E-state index in [4.69, 9.17) is 17.0 Å². The molecule has 1 fully saturated rings. The fraction of sp³-hybridized carbons (Fsp3) is 0.529. The third kappa shape index (κ3) is 4.05. The second-order valence-corrected chi connectivity index (χ2v) is 7.83. The molecular formula is C17H24N2O2S2. The summed E-state index contributed by atoms with van der Waals surface area (Å²) in [5.74, 6) is 0.423. The molecule has 1 aliphatic heterocycles. The van der Waals surface area contributed by atoms with Gasteiger partial charge in [0.05, 0.1) is 11.5 Å². The normalized spacial score (nSPS) is 17.1. The van der Waals surface area contributed by atoms with Crippen LogP contribution in [0.3, 0.4) is 0 Å². The van der Waals surface area contributed by atoms with Crippen LogP contribution in [0.4, 0.5) is 0 Å². The first-order chi connectivity index (χ1) is 10.8. The van der Waals surface area contributed by atoms with Gasteiger partial charge >= 0.3 is 0 Å². The summed E-state index contributed by atoms with van der Waals surface area (Å²) in [6.07, 6.45) is 1.96. The lowest BCUT2D eigenvalue weighted by atomic mass is 10.2. The Kier molecular flexibility index (Phi) is 6.06. The van der Waals surface area contributed by atoms with Crippen molar-refractivity contribution in [2.24, 2.45) is 5.92 Å². The van der Waals surface area contributed by atoms with Gasteiger partial charge in [0.2, 0.25) is 0 Å². The third-order valence-electron chi connectivity index (χ3n) is 3.84. The number of rotatable bonds is 6. The van der Waals surface area contributed by atoms with Crippen LogP contribution in [0, 0.1) is 19.8 Å². The van der Waals surface area contributed by atoms with E-state index in [1.807, 2.05) is 6.08 Å². The van der Waals surface area contributed by atoms with E-state index in [0.717, 1.165) is 17.8 Å². The van der Waals surface area contributed by atoms with E-state index in [1.54, 1.807) is 12.0 Å². The van der Waals surface area contributed by atoms with Crippen LogP contribution < -0.4 is 0 Å². The molecule has 1 aromatic rings. The zero-order valence-electron chi connectivity index (χ0n) is 14.4. The van der Waals surface area contributed by atoms with Gasteiger partial charge in [-0.2, -0.15) is 0 Å². The lowest BCUT2D eigenvalue weighted by Gasteiger charge is -2.16. The van der Waals surface area contributed by atoms with Crippen molar-refractivity contribution in [1.29, 1.82) is 0 Å². The molecule has 6 heteroatoms. The Morgan fingerprint density at radius 3 is 2.70 bits per heavy atom. The summed E-state index contributed by atoms with van der Waals surface area (Å²) >= 11 is 6.75. The number of carbonyl (C=O) groups is 1. The van der Waals surface area contributed by atoms with E-state index in [2.05, 4.69) is 38.3 Å². The van der Waals surface area contributed by atoms with Crippen molar-refractivity contribution in [3.05, 3.63) is 27.9 Å². The number of aromatic nitrogens is 1. The maximum Gasteiger partial charge on any atom is 0.266 e. The van der Waals surface area contributed by atoms with E-state index >= 15 is 0 Å². The molecule has 0 saturated carbocycles. The second kappa shape index (κ2) is 7.64. The average Bonchev–Trinajstić information content (AvgIpc) is 2.88. The Morgan fingerprint density at radius 2 is 2.09 bits per heavy atom. The molecule has 1 aromatic heterocycles. The third-order valence-corrected chi connectivity index (χ3v) is 5.22. The van der Waals surface area contributed by atoms with Gasteiger partial charge in [-0.25, -0.2) is 0 Å². The number of methoxy groups -OCH3 is 1. The maximum atomic E-state index is 12.6. The van der Waals surface area contributed by atoms with Crippen molar-refractivity contribution in [3.8, 4) is 0 Å². The van der Waals surface area contributed by atoms with Gasteiger partial charge in [-0.3, -0.25) is 9.69 Å². The Balaban J connectivity index is 2.26. The molecule has 0 aliphatic carbocycles. The molecule has 126 valence electrons. The van der Waals surface area contributed by atoms with Crippen LogP contribution in [0.2, 0.25) is 0 Å². The molecule has 0 N–H and O–H groups in total. The summed E-state index contributed by atoms with van der Waals surface area (Å²) in [5, 5.41) is 0. The molecule has 2 heterocycles. The first kappa shape index (κ1) is 18.2. The predicted octanol–water partition coefficient (Wildman–Crippen LogP) is 3.61. The number of hydrogen-bond donors (Lipinski definition) is 0. The highest BCUT2D eigenvalue weighted by molar-refractivity contribution is 8.26. The highest BCUT2D eigenvalue weighted by Gasteiger charge is 2.32. The van der Waals surface area contributed by atoms with Crippen LogP contribution in [0.25, 0.3) is 6.08 Å². The van der Waals surface area contributed by atoms with Gasteiger partial charge in [0.1, 0.15) is 4.32 Å². The monoisotopic (exact) mass is 352 g/mol. The molecule has 0 aromatic carbocycles. The highest BCUT2D eigenvalue weighted by Crippen LogP contribution is 2.34. The first-order valence-corrected chi connectivity index (χ1v) is 8.98. The van der Waals surface area contributed by atoms with Gasteiger partial charge in [-0.15, -0.1) is 0 Å². The number of hydrogen-bond acceptors (Lipinski definition) is 4. The van der Waals surface area contributed by atoms with Crippen LogP contribution >= 0.6 is 24.0 Å². The molecule has 1 amide bonds. The number of carbonyl (C=O) groups excluding carboxylic acids is 1. The Bertz CT molecular complexity index is 647. The molecule has 2 rings (SSSR count). The molecule has 1 aliphatic rings. The maximum absolute atomic E-state index is 12.6. The summed E-state index contributed by atoms with van der Waals surface area (Å²) in [6, 6.07) is 2.11. The lowest BCUT2D eigenvalue weighted by molar-refractivity contribution is -0.122. The van der Waals surface area contributed by atoms with E-state index in [1.165, 1.54) is 17.5 Å². The standard InChI is InChI=1S/C17H24N2O2S2/c1-11(2)10-19-16(20)15(23-17(19)22)9-14-8-12(3)18(13(14)4)6-7-21-5/h8-9,11H,6-7,10H2,1-5H3/b15-9-. The van der Waals surface area contributed by atoms with Crippen LogP contribution in [0.15, 0.2) is 11.0 Å². The number of amides is 1. The minimum Gasteiger partial charge on any atom is -0.383 e. The number of ether oxygens (including phenoxy) is 1. The Morgan fingerprint density at radius 1 is 1.39 bits per heavy atom. The SMILES string of the molecule is COCCn1c(C)cc(/C=C2\SC(=S)N(CC(C)C)C2=O)c1C. The summed E-state index contributed by atoms with van der Waals surface area (Å²) in [5.41, 5.74) is 3.39. The number of thioether (sulfide) groups is 1. The van der Waals surface area contributed by atoms with E-state index in [-0.39, 0.29) is 5.91 Å². The number of thiocarbonyl (C=S) groups is 1. The summed E-state index contributed by atoms with van der Waals surface area (Å²) < 4.78 is 8.03. The molecule has 0 unspecified atom stereocenters. The van der Waals surface area contributed by atoms with Crippen molar-refractivity contribution in [3.63, 3.8) is 0 Å². The van der Waals surface area contributed by atoms with Gasteiger partial charge in [0, 0.05) is 31.6 Å². The predicted molar refractivity (Wildman–Crippen MR) is 100 cm³/mol. The fourth-order valence-corrected chi connectivity index (χ4v) is 3.93. The highest BCUT2D eigenvalue weighted by atomic mass is 32.2. The zero-order chi connectivity index (χ0) is 17.1. The van der Waals surface area contributed by atoms with Gasteiger partial charge < -0.3 is 9.30 Å². The van der Waals surface area contributed by atoms with E-state index < -0.39 is 0 Å². The number of nitrogens with zero attached hydrogens (tertiary/aromatic N) is 2. The molecule has 4 nitrogen and oxygen atoms in total. The molecule has 1 saturated heterocycles. The van der Waals surface area contributed by atoms with Crippen LogP contribution in [0.1, 0.15) is 30.8 Å². The molecule has 0 atom stereocenters. The second-order valence-electron chi connectivity index (χ2n) is 6.16. The summed E-state index contributed by atoms with van der Waals surface area (Å²) in [7, 11) is 1.70. The zero-order valence-corrected chi connectivity index (χ0v) is 16.0. The minimum atomic E-state index is 0.0235. The lowest BCUT2D eigenvalue weighted by Crippen LogP contribution is -2.31. The van der Waals surface area contributed by atoms with Gasteiger partial charge in [-0.05, 0) is 37.5 Å². The first-order valence-electron chi connectivity index (χ1n) is 7.76. The molecule has 0 bridgehead atoms. The largest absolute Gasteiger partial charge is 0.383 e. The van der Waals surface area contributed by atoms with E-state index in [9.17, 15) is 4.79 Å². The van der Waals surface area contributed by atoms with Crippen LogP contribution in [-0.2, 0) is 16.1 Å². The molecular weight excluding hydrogens is 328 g/mol. The van der Waals surface area contributed by atoms with Gasteiger partial charge in [-0.1, -0.05) is 37.8 Å². The van der Waals surface area contributed by atoms with Gasteiger partial charge in [0.15, 0.2) is 0 Å². The number of aryl methyl sites for hydroxylation is 1. The molecule has 0 spiro atoms. The van der Waals surface area contributed by atoms with Crippen molar-refractivity contribution in [2.75, 3.05) is 20.3 Å². The fourth-order valence-electron chi connectivity index (χ4n) is 2.66. The smallest absolute Gasteiger partial charge is 0.266 e. The molecule has 0 radical (unpaired) electrons. The molecule has 23 heavy (non-hydrogen) atoms. The van der Waals surface area contributed by atoms with Crippen molar-refractivity contribution in [2.45, 2.75) is 34.2 Å². The van der Waals surface area contributed by atoms with Crippen LogP contribution in [0.5, 0.6) is 0 Å². The average molecular weight is 353 g/mol. The summed E-state index contributed by atoms with van der Waals surface area (Å²) in [6.45, 7) is 10.5. The van der Waals surface area contributed by atoms with Gasteiger partial charge in [0.25, 0.3) is 5.91 Å². The minimum absolute atomic E-state index is 0.0235. The quantitative estimate of drug-likeness (QED) is 0.579. The van der Waals surface area contributed by atoms with E-state index in [0.29, 0.717) is 28.3 Å². The van der Waals surface area contributed by atoms with Crippen molar-refractivity contribution >= 4 is 40.3 Å². The topological polar surface area (TPSA) is 34.5 Å². The Hall–Kier alpha value is -1.11.